The van der Waals surface area contributed by atoms with Crippen molar-refractivity contribution >= 4 is 27.3 Å². The molecule has 1 fully saturated rings. The molecule has 1 N–H and O–H groups in total. The Kier molecular flexibility index (Phi) is 4.79. The first-order chi connectivity index (χ1) is 9.43. The molecule has 0 aliphatic carbocycles. The van der Waals surface area contributed by atoms with E-state index in [0.717, 1.165) is 11.3 Å². The number of sulfonamides is 1. The van der Waals surface area contributed by atoms with Gasteiger partial charge in [-0.15, -0.1) is 11.3 Å². The number of thiophene rings is 1. The van der Waals surface area contributed by atoms with Crippen LogP contribution in [-0.4, -0.2) is 49.6 Å². The minimum atomic E-state index is -3.54. The van der Waals surface area contributed by atoms with Crippen LogP contribution in [-0.2, 0) is 26.0 Å². The summed E-state index contributed by atoms with van der Waals surface area (Å²) in [5.74, 6) is -0.987. The lowest BCUT2D eigenvalue weighted by atomic mass is 10.2. The van der Waals surface area contributed by atoms with Crippen molar-refractivity contribution in [2.75, 3.05) is 19.7 Å². The molecule has 1 aliphatic heterocycles. The van der Waals surface area contributed by atoms with Gasteiger partial charge in [-0.3, -0.25) is 4.79 Å². The van der Waals surface area contributed by atoms with Crippen LogP contribution in [0.5, 0.6) is 0 Å². The fourth-order valence-electron chi connectivity index (χ4n) is 2.04. The fourth-order valence-corrected chi connectivity index (χ4v) is 4.95. The zero-order valence-corrected chi connectivity index (χ0v) is 12.7. The van der Waals surface area contributed by atoms with Gasteiger partial charge in [-0.2, -0.15) is 4.31 Å². The molecule has 6 nitrogen and oxygen atoms in total. The Bertz CT molecular complexity index is 580. The number of hydrogen-bond donors (Lipinski definition) is 1. The molecule has 2 heterocycles. The highest BCUT2D eigenvalue weighted by Gasteiger charge is 2.32. The molecule has 20 heavy (non-hydrogen) atoms. The third-order valence-electron chi connectivity index (χ3n) is 3.08. The van der Waals surface area contributed by atoms with Crippen molar-refractivity contribution in [1.82, 2.24) is 4.31 Å². The Balaban J connectivity index is 2.14. The van der Waals surface area contributed by atoms with Crippen molar-refractivity contribution in [3.05, 3.63) is 17.0 Å². The molecule has 1 aromatic heterocycles. The molecule has 0 bridgehead atoms. The van der Waals surface area contributed by atoms with E-state index in [1.54, 1.807) is 6.07 Å². The van der Waals surface area contributed by atoms with E-state index in [1.807, 2.05) is 13.0 Å². The van der Waals surface area contributed by atoms with E-state index in [2.05, 4.69) is 0 Å². The highest BCUT2D eigenvalue weighted by molar-refractivity contribution is 7.91. The predicted molar refractivity (Wildman–Crippen MR) is 74.4 cm³/mol. The quantitative estimate of drug-likeness (QED) is 0.881. The molecule has 8 heteroatoms. The third-order valence-corrected chi connectivity index (χ3v) is 6.65. The molecule has 1 aliphatic rings. The summed E-state index contributed by atoms with van der Waals surface area (Å²) in [4.78, 5) is 11.7. The first-order valence-electron chi connectivity index (χ1n) is 6.35. The predicted octanol–water partition coefficient (Wildman–Crippen LogP) is 1.17. The normalized spacial score (nSPS) is 20.9. The summed E-state index contributed by atoms with van der Waals surface area (Å²) in [6.45, 7) is 2.55. The summed E-state index contributed by atoms with van der Waals surface area (Å²) in [6.07, 6.45) is 0.0309. The van der Waals surface area contributed by atoms with Crippen LogP contribution in [0.1, 0.15) is 18.2 Å². The van der Waals surface area contributed by atoms with Crippen LogP contribution in [0.25, 0.3) is 0 Å². The second kappa shape index (κ2) is 6.21. The maximum absolute atomic E-state index is 12.5. The molecule has 0 aromatic carbocycles. The van der Waals surface area contributed by atoms with Crippen LogP contribution >= 0.6 is 11.3 Å². The van der Waals surface area contributed by atoms with Crippen LogP contribution in [0.2, 0.25) is 0 Å². The third kappa shape index (κ3) is 3.38. The van der Waals surface area contributed by atoms with Gasteiger partial charge in [0.05, 0.1) is 19.1 Å². The van der Waals surface area contributed by atoms with Gasteiger partial charge in [0.1, 0.15) is 4.21 Å². The van der Waals surface area contributed by atoms with E-state index in [4.69, 9.17) is 9.84 Å². The zero-order chi connectivity index (χ0) is 14.8. The van der Waals surface area contributed by atoms with Crippen LogP contribution in [0, 0.1) is 0 Å². The highest BCUT2D eigenvalue weighted by Crippen LogP contribution is 2.26. The molecule has 0 radical (unpaired) electrons. The number of carboxylic acid groups (broad SMARTS) is 1. The molecule has 1 saturated heterocycles. The van der Waals surface area contributed by atoms with Gasteiger partial charge in [0.2, 0.25) is 0 Å². The second-order valence-corrected chi connectivity index (χ2v) is 7.86. The summed E-state index contributed by atoms with van der Waals surface area (Å²) in [6, 6.07) is 3.42. The summed E-state index contributed by atoms with van der Waals surface area (Å²) in [7, 11) is -3.54. The molecule has 112 valence electrons. The minimum absolute atomic E-state index is 0.0913. The number of morpholine rings is 1. The Labute approximate surface area is 122 Å². The van der Waals surface area contributed by atoms with E-state index < -0.39 is 22.1 Å². The van der Waals surface area contributed by atoms with Crippen LogP contribution < -0.4 is 0 Å². The van der Waals surface area contributed by atoms with E-state index in [1.165, 1.54) is 15.6 Å². The average Bonchev–Trinajstić information content (AvgIpc) is 2.87. The molecule has 2 rings (SSSR count). The monoisotopic (exact) mass is 319 g/mol. The van der Waals surface area contributed by atoms with Crippen molar-refractivity contribution in [3.63, 3.8) is 0 Å². The standard InChI is InChI=1S/C12H17NO5S2/c1-2-10-3-4-12(19-10)20(16,17)13-5-6-18-9(8-13)7-11(14)15/h3-4,9H,2,5-8H2,1H3,(H,14,15). The van der Waals surface area contributed by atoms with Crippen molar-refractivity contribution < 1.29 is 23.1 Å². The number of rotatable bonds is 5. The van der Waals surface area contributed by atoms with Gasteiger partial charge in [-0.25, -0.2) is 8.42 Å². The number of nitrogens with zero attached hydrogens (tertiary/aromatic N) is 1. The topological polar surface area (TPSA) is 83.9 Å². The zero-order valence-electron chi connectivity index (χ0n) is 11.1. The number of carboxylic acids is 1. The molecule has 0 amide bonds. The maximum Gasteiger partial charge on any atom is 0.306 e. The van der Waals surface area contributed by atoms with E-state index >= 15 is 0 Å². The minimum Gasteiger partial charge on any atom is -0.481 e. The number of aryl methyl sites for hydroxylation is 1. The maximum atomic E-state index is 12.5. The summed E-state index contributed by atoms with van der Waals surface area (Å²) in [5.41, 5.74) is 0. The lowest BCUT2D eigenvalue weighted by Gasteiger charge is -2.31. The van der Waals surface area contributed by atoms with Gasteiger partial charge in [0, 0.05) is 18.0 Å². The number of aliphatic carboxylic acids is 1. The lowest BCUT2D eigenvalue weighted by molar-refractivity contribution is -0.141. The van der Waals surface area contributed by atoms with Gasteiger partial charge in [0.25, 0.3) is 10.0 Å². The molecular weight excluding hydrogens is 302 g/mol. The van der Waals surface area contributed by atoms with Crippen LogP contribution in [0.4, 0.5) is 0 Å². The van der Waals surface area contributed by atoms with Crippen LogP contribution in [0.15, 0.2) is 16.3 Å². The first-order valence-corrected chi connectivity index (χ1v) is 8.61. The summed E-state index contributed by atoms with van der Waals surface area (Å²) >= 11 is 1.26. The fraction of sp³-hybridized carbons (Fsp3) is 0.583. The Morgan fingerprint density at radius 1 is 1.55 bits per heavy atom. The second-order valence-electron chi connectivity index (χ2n) is 4.53. The van der Waals surface area contributed by atoms with Gasteiger partial charge in [-0.1, -0.05) is 6.92 Å². The van der Waals surface area contributed by atoms with E-state index in [9.17, 15) is 13.2 Å². The Morgan fingerprint density at radius 2 is 2.30 bits per heavy atom. The van der Waals surface area contributed by atoms with E-state index in [0.29, 0.717) is 4.21 Å². The molecule has 0 spiro atoms. The smallest absolute Gasteiger partial charge is 0.306 e. The average molecular weight is 319 g/mol. The van der Waals surface area contributed by atoms with Crippen molar-refractivity contribution in [3.8, 4) is 0 Å². The largest absolute Gasteiger partial charge is 0.481 e. The van der Waals surface area contributed by atoms with E-state index in [-0.39, 0.29) is 26.1 Å². The molecular formula is C12H17NO5S2. The Hall–Kier alpha value is -0.960. The molecule has 1 aromatic rings. The van der Waals surface area contributed by atoms with Crippen molar-refractivity contribution in [1.29, 1.82) is 0 Å². The summed E-state index contributed by atoms with van der Waals surface area (Å²) in [5, 5.41) is 8.76. The molecule has 1 unspecified atom stereocenters. The summed E-state index contributed by atoms with van der Waals surface area (Å²) < 4.78 is 31.9. The van der Waals surface area contributed by atoms with Gasteiger partial charge < -0.3 is 9.84 Å². The molecule has 0 saturated carbocycles. The SMILES string of the molecule is CCc1ccc(S(=O)(=O)N2CCOC(CC(=O)O)C2)s1. The number of hydrogen-bond acceptors (Lipinski definition) is 5. The lowest BCUT2D eigenvalue weighted by Crippen LogP contribution is -2.45. The van der Waals surface area contributed by atoms with Gasteiger partial charge in [0.15, 0.2) is 0 Å². The number of ether oxygens (including phenoxy) is 1. The Morgan fingerprint density at radius 3 is 2.90 bits per heavy atom. The van der Waals surface area contributed by atoms with Crippen LogP contribution in [0.3, 0.4) is 0 Å². The number of carbonyl (C=O) groups is 1. The highest BCUT2D eigenvalue weighted by atomic mass is 32.2. The molecule has 1 atom stereocenters. The van der Waals surface area contributed by atoms with Crippen molar-refractivity contribution in [2.24, 2.45) is 0 Å². The van der Waals surface area contributed by atoms with Gasteiger partial charge >= 0.3 is 5.97 Å². The van der Waals surface area contributed by atoms with Gasteiger partial charge in [-0.05, 0) is 18.6 Å². The first kappa shape index (κ1) is 15.4. The van der Waals surface area contributed by atoms with Crippen molar-refractivity contribution in [2.45, 2.75) is 30.1 Å².